The highest BCUT2D eigenvalue weighted by molar-refractivity contribution is 14.1. The van der Waals surface area contributed by atoms with Gasteiger partial charge in [-0.3, -0.25) is 0 Å². The lowest BCUT2D eigenvalue weighted by atomic mass is 10.2. The maximum Gasteiger partial charge on any atom is 0.407 e. The zero-order valence-electron chi connectivity index (χ0n) is 11.6. The topological polar surface area (TPSA) is 50.4 Å². The maximum atomic E-state index is 11.4. The van der Waals surface area contributed by atoms with Gasteiger partial charge in [-0.1, -0.05) is 0 Å². The third-order valence-electron chi connectivity index (χ3n) is 2.20. The molecule has 4 nitrogen and oxygen atoms in total. The average Bonchev–Trinajstić information content (AvgIpc) is 2.29. The lowest BCUT2D eigenvalue weighted by Gasteiger charge is -2.19. The molecule has 1 aromatic rings. The van der Waals surface area contributed by atoms with Crippen LogP contribution in [0.3, 0.4) is 0 Å². The average molecular weight is 376 g/mol. The number of alkyl carbamates (subject to hydrolysis) is 1. The molecule has 0 fully saturated rings. The van der Waals surface area contributed by atoms with Crippen molar-refractivity contribution in [1.29, 1.82) is 0 Å². The minimum absolute atomic E-state index is 0.359. The second-order valence-corrected chi connectivity index (χ2v) is 6.46. The van der Waals surface area contributed by atoms with Crippen LogP contribution in [0, 0.1) is 3.57 Å². The molecule has 0 radical (unpaired) electrons. The van der Waals surface area contributed by atoms with Gasteiger partial charge >= 0.3 is 6.09 Å². The molecule has 0 aromatic heterocycles. The van der Waals surface area contributed by atoms with E-state index in [9.17, 15) is 4.79 Å². The van der Waals surface area contributed by atoms with Gasteiger partial charge in [0.1, 0.15) is 5.60 Å². The number of carbonyl (C=O) groups is 1. The van der Waals surface area contributed by atoms with E-state index in [1.165, 1.54) is 3.57 Å². The Morgan fingerprint density at radius 1 is 1.21 bits per heavy atom. The van der Waals surface area contributed by atoms with Gasteiger partial charge in [0.2, 0.25) is 0 Å². The number of hydrogen-bond acceptors (Lipinski definition) is 3. The molecule has 0 heterocycles. The number of rotatable bonds is 5. The Kier molecular flexibility index (Phi) is 6.41. The molecule has 1 amide bonds. The molecule has 0 atom stereocenters. The molecule has 0 aliphatic heterocycles. The van der Waals surface area contributed by atoms with Crippen molar-refractivity contribution in [3.05, 3.63) is 27.8 Å². The molecule has 0 spiro atoms. The minimum Gasteiger partial charge on any atom is -0.444 e. The van der Waals surface area contributed by atoms with E-state index < -0.39 is 5.60 Å². The molecular formula is C14H21IN2O2. The van der Waals surface area contributed by atoms with Crippen LogP contribution in [0.15, 0.2) is 24.3 Å². The van der Waals surface area contributed by atoms with Crippen molar-refractivity contribution in [3.8, 4) is 0 Å². The zero-order chi connectivity index (χ0) is 14.3. The van der Waals surface area contributed by atoms with Crippen molar-refractivity contribution in [1.82, 2.24) is 5.32 Å². The lowest BCUT2D eigenvalue weighted by molar-refractivity contribution is 0.0528. The van der Waals surface area contributed by atoms with Crippen LogP contribution in [0.1, 0.15) is 27.2 Å². The number of anilines is 1. The Hall–Kier alpha value is -0.980. The first-order chi connectivity index (χ1) is 8.87. The van der Waals surface area contributed by atoms with Gasteiger partial charge in [-0.05, 0) is 74.0 Å². The van der Waals surface area contributed by atoms with Gasteiger partial charge in [-0.15, -0.1) is 0 Å². The molecule has 1 rings (SSSR count). The fourth-order valence-electron chi connectivity index (χ4n) is 1.39. The summed E-state index contributed by atoms with van der Waals surface area (Å²) in [5, 5.41) is 6.03. The van der Waals surface area contributed by atoms with Crippen molar-refractivity contribution >= 4 is 34.4 Å². The normalized spacial score (nSPS) is 10.9. The Balaban J connectivity index is 2.11. The molecule has 2 N–H and O–H groups in total. The Morgan fingerprint density at radius 3 is 2.42 bits per heavy atom. The number of carbonyl (C=O) groups excluding carboxylic acids is 1. The van der Waals surface area contributed by atoms with Crippen LogP contribution in [0.5, 0.6) is 0 Å². The predicted molar refractivity (Wildman–Crippen MR) is 86.5 cm³/mol. The van der Waals surface area contributed by atoms with Gasteiger partial charge in [0.15, 0.2) is 0 Å². The van der Waals surface area contributed by atoms with E-state index in [2.05, 4.69) is 45.4 Å². The summed E-state index contributed by atoms with van der Waals surface area (Å²) in [5.74, 6) is 0. The molecule has 0 saturated carbocycles. The molecule has 1 aromatic carbocycles. The first-order valence-electron chi connectivity index (χ1n) is 6.33. The second-order valence-electron chi connectivity index (χ2n) is 5.22. The smallest absolute Gasteiger partial charge is 0.407 e. The first kappa shape index (κ1) is 16.1. The van der Waals surface area contributed by atoms with Crippen molar-refractivity contribution in [2.24, 2.45) is 0 Å². The molecule has 0 bridgehead atoms. The summed E-state index contributed by atoms with van der Waals surface area (Å²) in [4.78, 5) is 11.4. The number of nitrogens with one attached hydrogen (secondary N) is 2. The third kappa shape index (κ3) is 7.92. The Labute approximate surface area is 128 Å². The van der Waals surface area contributed by atoms with E-state index >= 15 is 0 Å². The summed E-state index contributed by atoms with van der Waals surface area (Å²) in [6.07, 6.45) is 0.493. The van der Waals surface area contributed by atoms with Gasteiger partial charge in [-0.2, -0.15) is 0 Å². The van der Waals surface area contributed by atoms with Gasteiger partial charge in [0.05, 0.1) is 0 Å². The molecule has 0 aliphatic rings. The predicted octanol–water partition coefficient (Wildman–Crippen LogP) is 3.62. The maximum absolute atomic E-state index is 11.4. The highest BCUT2D eigenvalue weighted by Gasteiger charge is 2.15. The summed E-state index contributed by atoms with van der Waals surface area (Å²) >= 11 is 2.28. The van der Waals surface area contributed by atoms with Crippen LogP contribution in [-0.4, -0.2) is 24.8 Å². The third-order valence-corrected chi connectivity index (χ3v) is 2.91. The van der Waals surface area contributed by atoms with Crippen molar-refractivity contribution in [3.63, 3.8) is 0 Å². The minimum atomic E-state index is -0.441. The number of amides is 1. The molecule has 0 unspecified atom stereocenters. The summed E-state index contributed by atoms with van der Waals surface area (Å²) in [7, 11) is 0. The number of hydrogen-bond donors (Lipinski definition) is 2. The number of benzene rings is 1. The largest absolute Gasteiger partial charge is 0.444 e. The molecule has 0 saturated heterocycles. The molecule has 0 aliphatic carbocycles. The van der Waals surface area contributed by atoms with Crippen LogP contribution in [0.2, 0.25) is 0 Å². The quantitative estimate of drug-likeness (QED) is 0.610. The van der Waals surface area contributed by atoms with E-state index in [1.54, 1.807) is 0 Å². The summed E-state index contributed by atoms with van der Waals surface area (Å²) < 4.78 is 6.36. The SMILES string of the molecule is CC(C)(C)OC(=O)NCCCNc1ccc(I)cc1. The van der Waals surface area contributed by atoms with Gasteiger partial charge < -0.3 is 15.4 Å². The first-order valence-corrected chi connectivity index (χ1v) is 7.41. The van der Waals surface area contributed by atoms with Crippen molar-refractivity contribution < 1.29 is 9.53 Å². The van der Waals surface area contributed by atoms with E-state index in [-0.39, 0.29) is 6.09 Å². The Morgan fingerprint density at radius 2 is 1.84 bits per heavy atom. The summed E-state index contributed by atoms with van der Waals surface area (Å²) in [6.45, 7) is 6.98. The fourth-order valence-corrected chi connectivity index (χ4v) is 1.75. The highest BCUT2D eigenvalue weighted by Crippen LogP contribution is 2.10. The highest BCUT2D eigenvalue weighted by atomic mass is 127. The molecule has 106 valence electrons. The van der Waals surface area contributed by atoms with Gasteiger partial charge in [-0.25, -0.2) is 4.79 Å². The van der Waals surface area contributed by atoms with Crippen LogP contribution < -0.4 is 10.6 Å². The monoisotopic (exact) mass is 376 g/mol. The summed E-state index contributed by atoms with van der Waals surface area (Å²) in [6, 6.07) is 8.20. The Bertz CT molecular complexity index is 399. The van der Waals surface area contributed by atoms with Crippen LogP contribution in [0.4, 0.5) is 10.5 Å². The van der Waals surface area contributed by atoms with E-state index in [4.69, 9.17) is 4.74 Å². The summed E-state index contributed by atoms with van der Waals surface area (Å²) in [5.41, 5.74) is 0.654. The van der Waals surface area contributed by atoms with Crippen molar-refractivity contribution in [2.75, 3.05) is 18.4 Å². The standard InChI is InChI=1S/C14H21IN2O2/c1-14(2,3)19-13(18)17-10-4-9-16-12-7-5-11(15)6-8-12/h5-8,16H,4,9-10H2,1-3H3,(H,17,18). The zero-order valence-corrected chi connectivity index (χ0v) is 13.8. The lowest BCUT2D eigenvalue weighted by Crippen LogP contribution is -2.33. The van der Waals surface area contributed by atoms with Gasteiger partial charge in [0.25, 0.3) is 0 Å². The molecular weight excluding hydrogens is 355 g/mol. The van der Waals surface area contributed by atoms with Crippen LogP contribution in [-0.2, 0) is 4.74 Å². The van der Waals surface area contributed by atoms with E-state index in [0.717, 1.165) is 18.7 Å². The molecule has 19 heavy (non-hydrogen) atoms. The van der Waals surface area contributed by atoms with E-state index in [0.29, 0.717) is 6.54 Å². The molecule has 5 heteroatoms. The van der Waals surface area contributed by atoms with E-state index in [1.807, 2.05) is 32.9 Å². The van der Waals surface area contributed by atoms with Crippen molar-refractivity contribution in [2.45, 2.75) is 32.8 Å². The van der Waals surface area contributed by atoms with Crippen LogP contribution >= 0.6 is 22.6 Å². The number of ether oxygens (including phenoxy) is 1. The number of halogens is 1. The fraction of sp³-hybridized carbons (Fsp3) is 0.500. The second kappa shape index (κ2) is 7.57. The van der Waals surface area contributed by atoms with Crippen LogP contribution in [0.25, 0.3) is 0 Å². The van der Waals surface area contributed by atoms with Gasteiger partial charge in [0, 0.05) is 22.3 Å².